The fourth-order valence-electron chi connectivity index (χ4n) is 1.75. The molecule has 2 aromatic rings. The summed E-state index contributed by atoms with van der Waals surface area (Å²) in [6.07, 6.45) is -0.842. The highest BCUT2D eigenvalue weighted by molar-refractivity contribution is 9.10. The molecule has 0 spiro atoms. The quantitative estimate of drug-likeness (QED) is 0.801. The van der Waals surface area contributed by atoms with Gasteiger partial charge < -0.3 is 5.11 Å². The van der Waals surface area contributed by atoms with Crippen molar-refractivity contribution in [3.8, 4) is 0 Å². The smallest absolute Gasteiger partial charge is 0.148 e. The molecule has 0 aliphatic heterocycles. The zero-order valence-corrected chi connectivity index (χ0v) is 12.0. The first-order valence-electron chi connectivity index (χ1n) is 5.55. The summed E-state index contributed by atoms with van der Waals surface area (Å²) in [6.45, 7) is 0. The number of rotatable bonds is 3. The Morgan fingerprint density at radius 3 is 2.37 bits per heavy atom. The van der Waals surface area contributed by atoms with Crippen molar-refractivity contribution < 1.29 is 13.9 Å². The van der Waals surface area contributed by atoms with Crippen LogP contribution in [0.3, 0.4) is 0 Å². The van der Waals surface area contributed by atoms with E-state index in [2.05, 4.69) is 15.9 Å². The number of aliphatic hydroxyl groups is 1. The van der Waals surface area contributed by atoms with Crippen LogP contribution in [0, 0.1) is 11.6 Å². The summed E-state index contributed by atoms with van der Waals surface area (Å²) in [5, 5.41) is 9.97. The van der Waals surface area contributed by atoms with Gasteiger partial charge in [-0.15, -0.1) is 0 Å². The topological polar surface area (TPSA) is 20.2 Å². The number of benzene rings is 2. The van der Waals surface area contributed by atoms with E-state index in [4.69, 9.17) is 11.6 Å². The maximum absolute atomic E-state index is 13.9. The highest BCUT2D eigenvalue weighted by Gasteiger charge is 2.17. The van der Waals surface area contributed by atoms with Crippen LogP contribution in [-0.4, -0.2) is 5.11 Å². The molecule has 0 saturated heterocycles. The standard InChI is InChI=1S/C14H10BrClF2O/c15-11-6-5-10(14(18)13(11)16)12(19)7-8-1-3-9(17)4-2-8/h1-6,12,19H,7H2. The normalized spacial score (nSPS) is 12.5. The van der Waals surface area contributed by atoms with Gasteiger partial charge in [-0.25, -0.2) is 8.78 Å². The van der Waals surface area contributed by atoms with Crippen molar-refractivity contribution in [3.63, 3.8) is 0 Å². The second kappa shape index (κ2) is 5.99. The lowest BCUT2D eigenvalue weighted by molar-refractivity contribution is 0.173. The van der Waals surface area contributed by atoms with Gasteiger partial charge in [-0.1, -0.05) is 29.8 Å². The number of hydrogen-bond donors (Lipinski definition) is 1. The summed E-state index contributed by atoms with van der Waals surface area (Å²) < 4.78 is 27.1. The molecule has 2 aromatic carbocycles. The zero-order valence-electron chi connectivity index (χ0n) is 9.71. The second-order valence-electron chi connectivity index (χ2n) is 4.11. The molecule has 1 N–H and O–H groups in total. The minimum absolute atomic E-state index is 0.0596. The van der Waals surface area contributed by atoms with Gasteiger partial charge in [0.25, 0.3) is 0 Å². The molecule has 0 radical (unpaired) electrons. The predicted octanol–water partition coefficient (Wildman–Crippen LogP) is 4.66. The number of halogens is 4. The van der Waals surface area contributed by atoms with Gasteiger partial charge in [0.2, 0.25) is 0 Å². The molecular weight excluding hydrogens is 338 g/mol. The van der Waals surface area contributed by atoms with Crippen molar-refractivity contribution in [2.24, 2.45) is 0 Å². The SMILES string of the molecule is OC(Cc1ccc(F)cc1)c1ccc(Br)c(Cl)c1F. The van der Waals surface area contributed by atoms with Crippen LogP contribution >= 0.6 is 27.5 Å². The van der Waals surface area contributed by atoms with E-state index in [1.165, 1.54) is 18.2 Å². The van der Waals surface area contributed by atoms with Crippen molar-refractivity contribution in [2.45, 2.75) is 12.5 Å². The van der Waals surface area contributed by atoms with Crippen molar-refractivity contribution in [3.05, 3.63) is 68.7 Å². The van der Waals surface area contributed by atoms with E-state index in [9.17, 15) is 13.9 Å². The highest BCUT2D eigenvalue weighted by atomic mass is 79.9. The maximum Gasteiger partial charge on any atom is 0.148 e. The van der Waals surface area contributed by atoms with Crippen molar-refractivity contribution >= 4 is 27.5 Å². The van der Waals surface area contributed by atoms with E-state index >= 15 is 0 Å². The van der Waals surface area contributed by atoms with Crippen LogP contribution in [0.2, 0.25) is 5.02 Å². The molecule has 1 unspecified atom stereocenters. The zero-order chi connectivity index (χ0) is 14.0. The van der Waals surface area contributed by atoms with E-state index in [0.717, 1.165) is 0 Å². The van der Waals surface area contributed by atoms with Gasteiger partial charge in [0.1, 0.15) is 11.6 Å². The molecule has 0 aromatic heterocycles. The minimum atomic E-state index is -1.03. The molecule has 0 aliphatic carbocycles. The third-order valence-electron chi connectivity index (χ3n) is 2.77. The van der Waals surface area contributed by atoms with Crippen molar-refractivity contribution in [1.82, 2.24) is 0 Å². The lowest BCUT2D eigenvalue weighted by Gasteiger charge is -2.13. The van der Waals surface area contributed by atoms with E-state index in [1.54, 1.807) is 18.2 Å². The van der Waals surface area contributed by atoms with E-state index in [-0.39, 0.29) is 22.8 Å². The van der Waals surface area contributed by atoms with Gasteiger partial charge >= 0.3 is 0 Å². The molecule has 0 fully saturated rings. The van der Waals surface area contributed by atoms with Gasteiger partial charge in [0, 0.05) is 16.5 Å². The third-order valence-corrected chi connectivity index (χ3v) is 4.02. The Bertz CT molecular complexity index is 587. The average molecular weight is 348 g/mol. The van der Waals surface area contributed by atoms with Crippen molar-refractivity contribution in [1.29, 1.82) is 0 Å². The molecule has 100 valence electrons. The monoisotopic (exact) mass is 346 g/mol. The summed E-state index contributed by atoms with van der Waals surface area (Å²) in [4.78, 5) is 0. The average Bonchev–Trinajstić information content (AvgIpc) is 2.39. The first-order valence-corrected chi connectivity index (χ1v) is 6.72. The van der Waals surface area contributed by atoms with Crippen LogP contribution in [0.4, 0.5) is 8.78 Å². The largest absolute Gasteiger partial charge is 0.388 e. The molecule has 1 nitrogen and oxygen atoms in total. The summed E-state index contributed by atoms with van der Waals surface area (Å²) in [7, 11) is 0. The first-order chi connectivity index (χ1) is 8.99. The molecule has 0 aliphatic rings. The Morgan fingerprint density at radius 1 is 1.11 bits per heavy atom. The van der Waals surface area contributed by atoms with Gasteiger partial charge in [0.05, 0.1) is 11.1 Å². The van der Waals surface area contributed by atoms with Crippen molar-refractivity contribution in [2.75, 3.05) is 0 Å². The number of hydrogen-bond acceptors (Lipinski definition) is 1. The van der Waals surface area contributed by atoms with E-state index < -0.39 is 11.9 Å². The van der Waals surface area contributed by atoms with Crippen LogP contribution in [0.1, 0.15) is 17.2 Å². The Morgan fingerprint density at radius 2 is 1.74 bits per heavy atom. The third kappa shape index (κ3) is 3.32. The molecule has 19 heavy (non-hydrogen) atoms. The predicted molar refractivity (Wildman–Crippen MR) is 74.2 cm³/mol. The lowest BCUT2D eigenvalue weighted by Crippen LogP contribution is -2.05. The summed E-state index contributed by atoms with van der Waals surface area (Å²) in [5.41, 5.74) is 0.838. The molecule has 1 atom stereocenters. The summed E-state index contributed by atoms with van der Waals surface area (Å²) >= 11 is 8.88. The van der Waals surface area contributed by atoms with E-state index in [0.29, 0.717) is 10.0 Å². The molecular formula is C14H10BrClF2O. The lowest BCUT2D eigenvalue weighted by atomic mass is 10.0. The van der Waals surface area contributed by atoms with E-state index in [1.807, 2.05) is 0 Å². The fraction of sp³-hybridized carbons (Fsp3) is 0.143. The second-order valence-corrected chi connectivity index (χ2v) is 5.34. The molecule has 5 heteroatoms. The number of aliphatic hydroxyl groups excluding tert-OH is 1. The van der Waals surface area contributed by atoms with Gasteiger partial charge in [-0.3, -0.25) is 0 Å². The van der Waals surface area contributed by atoms with Crippen LogP contribution in [0.15, 0.2) is 40.9 Å². The van der Waals surface area contributed by atoms with Gasteiger partial charge in [-0.05, 0) is 39.7 Å². The molecule has 0 amide bonds. The van der Waals surface area contributed by atoms with Crippen LogP contribution < -0.4 is 0 Å². The molecule has 0 saturated carbocycles. The highest BCUT2D eigenvalue weighted by Crippen LogP contribution is 2.31. The Hall–Kier alpha value is -0.970. The molecule has 2 rings (SSSR count). The fourth-order valence-corrected chi connectivity index (χ4v) is 2.23. The Labute approximate surface area is 123 Å². The minimum Gasteiger partial charge on any atom is -0.388 e. The van der Waals surface area contributed by atoms with Crippen LogP contribution in [0.5, 0.6) is 0 Å². The van der Waals surface area contributed by atoms with Gasteiger partial charge in [-0.2, -0.15) is 0 Å². The van der Waals surface area contributed by atoms with Crippen LogP contribution in [-0.2, 0) is 6.42 Å². The Kier molecular flexibility index (Phi) is 4.55. The maximum atomic E-state index is 13.9. The Balaban J connectivity index is 2.23. The summed E-state index contributed by atoms with van der Waals surface area (Å²) in [5.74, 6) is -0.998. The molecule has 0 bridgehead atoms. The van der Waals surface area contributed by atoms with Crippen LogP contribution in [0.25, 0.3) is 0 Å². The van der Waals surface area contributed by atoms with Gasteiger partial charge in [0.15, 0.2) is 0 Å². The first kappa shape index (κ1) is 14.4. The summed E-state index contributed by atoms with van der Waals surface area (Å²) in [6, 6.07) is 8.75. The molecule has 0 heterocycles.